The SMILES string of the molecule is CC(C)(C)OC(=O)N1CCC2(CC1)C(=O)N(CC(=O)O)c1cc(F)cc(F)c12. The Balaban J connectivity index is 1.92. The number of halogens is 2. The predicted molar refractivity (Wildman–Crippen MR) is 95.1 cm³/mol. The minimum Gasteiger partial charge on any atom is -0.480 e. The highest BCUT2D eigenvalue weighted by atomic mass is 19.1. The van der Waals surface area contributed by atoms with Gasteiger partial charge in [0.2, 0.25) is 5.91 Å². The van der Waals surface area contributed by atoms with E-state index < -0.39 is 47.2 Å². The average Bonchev–Trinajstić information content (AvgIpc) is 2.76. The lowest BCUT2D eigenvalue weighted by molar-refractivity contribution is -0.137. The molecule has 0 saturated carbocycles. The molecule has 2 aliphatic heterocycles. The number of hydrogen-bond donors (Lipinski definition) is 1. The maximum atomic E-state index is 14.7. The summed E-state index contributed by atoms with van der Waals surface area (Å²) in [5.41, 5.74) is -2.05. The van der Waals surface area contributed by atoms with E-state index in [2.05, 4.69) is 0 Å². The third kappa shape index (κ3) is 3.41. The number of amides is 2. The highest BCUT2D eigenvalue weighted by molar-refractivity contribution is 6.10. The molecule has 7 nitrogen and oxygen atoms in total. The van der Waals surface area contributed by atoms with Gasteiger partial charge in [-0.15, -0.1) is 0 Å². The first-order valence-corrected chi connectivity index (χ1v) is 8.96. The first-order chi connectivity index (χ1) is 12.9. The van der Waals surface area contributed by atoms with Crippen LogP contribution in [-0.2, 0) is 19.7 Å². The molecule has 2 amide bonds. The Hall–Kier alpha value is -2.71. The Bertz CT molecular complexity index is 841. The molecule has 28 heavy (non-hydrogen) atoms. The van der Waals surface area contributed by atoms with Crippen LogP contribution in [0.5, 0.6) is 0 Å². The molecule has 2 heterocycles. The summed E-state index contributed by atoms with van der Waals surface area (Å²) in [7, 11) is 0. The lowest BCUT2D eigenvalue weighted by atomic mass is 9.73. The van der Waals surface area contributed by atoms with Crippen LogP contribution in [0, 0.1) is 11.6 Å². The molecule has 0 bridgehead atoms. The van der Waals surface area contributed by atoms with Crippen molar-refractivity contribution < 1.29 is 33.0 Å². The molecule has 0 radical (unpaired) electrons. The number of aliphatic carboxylic acids is 1. The zero-order valence-corrected chi connectivity index (χ0v) is 15.9. The van der Waals surface area contributed by atoms with Crippen molar-refractivity contribution in [2.45, 2.75) is 44.6 Å². The van der Waals surface area contributed by atoms with Crippen molar-refractivity contribution in [3.63, 3.8) is 0 Å². The van der Waals surface area contributed by atoms with Gasteiger partial charge in [0.05, 0.1) is 11.1 Å². The zero-order chi connectivity index (χ0) is 20.9. The van der Waals surface area contributed by atoms with Crippen LogP contribution in [-0.4, -0.2) is 53.2 Å². The van der Waals surface area contributed by atoms with Crippen LogP contribution in [0.4, 0.5) is 19.3 Å². The molecule has 0 atom stereocenters. The van der Waals surface area contributed by atoms with Crippen molar-refractivity contribution >= 4 is 23.7 Å². The van der Waals surface area contributed by atoms with E-state index >= 15 is 0 Å². The molecule has 1 spiro atoms. The molecule has 0 aromatic heterocycles. The number of fused-ring (bicyclic) bond motifs is 2. The largest absolute Gasteiger partial charge is 0.480 e. The van der Waals surface area contributed by atoms with E-state index in [0.29, 0.717) is 6.07 Å². The predicted octanol–water partition coefficient (Wildman–Crippen LogP) is 2.66. The van der Waals surface area contributed by atoms with Crippen molar-refractivity contribution in [3.8, 4) is 0 Å². The Morgan fingerprint density at radius 1 is 1.21 bits per heavy atom. The number of carboxylic acid groups (broad SMARTS) is 1. The fourth-order valence-corrected chi connectivity index (χ4v) is 3.87. The number of carbonyl (C=O) groups excluding carboxylic acids is 2. The van der Waals surface area contributed by atoms with Crippen LogP contribution in [0.15, 0.2) is 12.1 Å². The van der Waals surface area contributed by atoms with Crippen LogP contribution in [0.1, 0.15) is 39.2 Å². The summed E-state index contributed by atoms with van der Waals surface area (Å²) in [5, 5.41) is 9.11. The van der Waals surface area contributed by atoms with Gasteiger partial charge in [-0.1, -0.05) is 0 Å². The molecule has 1 aromatic carbocycles. The van der Waals surface area contributed by atoms with E-state index in [0.717, 1.165) is 11.0 Å². The number of hydrogen-bond acceptors (Lipinski definition) is 4. The summed E-state index contributed by atoms with van der Waals surface area (Å²) in [6.45, 7) is 4.80. The fraction of sp³-hybridized carbons (Fsp3) is 0.526. The molecule has 1 aromatic rings. The number of rotatable bonds is 2. The third-order valence-electron chi connectivity index (χ3n) is 5.02. The van der Waals surface area contributed by atoms with E-state index in [1.54, 1.807) is 20.8 Å². The topological polar surface area (TPSA) is 87.2 Å². The second-order valence-electron chi connectivity index (χ2n) is 8.12. The van der Waals surface area contributed by atoms with Crippen LogP contribution in [0.2, 0.25) is 0 Å². The van der Waals surface area contributed by atoms with Gasteiger partial charge < -0.3 is 14.7 Å². The van der Waals surface area contributed by atoms with Gasteiger partial charge in [-0.3, -0.25) is 14.5 Å². The standard InChI is InChI=1S/C19H22F2N2O5/c1-18(2,3)28-17(27)22-6-4-19(5-7-22)15-12(21)8-11(20)9-13(15)23(16(19)26)10-14(24)25/h8-9H,4-7,10H2,1-3H3,(H,24,25). The number of carbonyl (C=O) groups is 3. The Morgan fingerprint density at radius 3 is 2.36 bits per heavy atom. The number of anilines is 1. The van der Waals surface area contributed by atoms with Gasteiger partial charge in [-0.05, 0) is 39.7 Å². The summed E-state index contributed by atoms with van der Waals surface area (Å²) < 4.78 is 33.7. The van der Waals surface area contributed by atoms with Crippen LogP contribution >= 0.6 is 0 Å². The van der Waals surface area contributed by atoms with E-state index in [1.807, 2.05) is 0 Å². The second-order valence-corrected chi connectivity index (χ2v) is 8.12. The van der Waals surface area contributed by atoms with Gasteiger partial charge in [0.1, 0.15) is 23.8 Å². The molecule has 9 heteroatoms. The molecule has 0 aliphatic carbocycles. The van der Waals surface area contributed by atoms with E-state index in [-0.39, 0.29) is 37.2 Å². The van der Waals surface area contributed by atoms with E-state index in [9.17, 15) is 23.2 Å². The van der Waals surface area contributed by atoms with Crippen molar-refractivity contribution in [1.82, 2.24) is 4.90 Å². The summed E-state index contributed by atoms with van der Waals surface area (Å²) in [4.78, 5) is 38.9. The number of likely N-dealkylation sites (tertiary alicyclic amines) is 1. The van der Waals surface area contributed by atoms with E-state index in [4.69, 9.17) is 9.84 Å². The molecule has 3 rings (SSSR count). The summed E-state index contributed by atoms with van der Waals surface area (Å²) in [5.74, 6) is -3.64. The number of piperidine rings is 1. The third-order valence-corrected chi connectivity index (χ3v) is 5.02. The van der Waals surface area contributed by atoms with Crippen LogP contribution < -0.4 is 4.90 Å². The van der Waals surface area contributed by atoms with Gasteiger partial charge in [0, 0.05) is 24.7 Å². The van der Waals surface area contributed by atoms with Gasteiger partial charge >= 0.3 is 12.1 Å². The second kappa shape index (κ2) is 6.72. The normalized spacial score (nSPS) is 18.4. The van der Waals surface area contributed by atoms with E-state index in [1.165, 1.54) is 4.90 Å². The molecule has 1 fully saturated rings. The minimum absolute atomic E-state index is 0.00369. The van der Waals surface area contributed by atoms with Gasteiger partial charge in [-0.25, -0.2) is 13.6 Å². The van der Waals surface area contributed by atoms with Crippen molar-refractivity contribution in [1.29, 1.82) is 0 Å². The van der Waals surface area contributed by atoms with Crippen LogP contribution in [0.3, 0.4) is 0 Å². The average molecular weight is 396 g/mol. The minimum atomic E-state index is -1.32. The summed E-state index contributed by atoms with van der Waals surface area (Å²) >= 11 is 0. The fourth-order valence-electron chi connectivity index (χ4n) is 3.87. The quantitative estimate of drug-likeness (QED) is 0.831. The molecular weight excluding hydrogens is 374 g/mol. The van der Waals surface area contributed by atoms with Crippen LogP contribution in [0.25, 0.3) is 0 Å². The molecular formula is C19H22F2N2O5. The number of benzene rings is 1. The number of carboxylic acids is 1. The Morgan fingerprint density at radius 2 is 1.82 bits per heavy atom. The molecule has 0 unspecified atom stereocenters. The maximum Gasteiger partial charge on any atom is 0.410 e. The molecule has 1 N–H and O–H groups in total. The molecule has 1 saturated heterocycles. The maximum absolute atomic E-state index is 14.7. The summed E-state index contributed by atoms with van der Waals surface area (Å²) in [6.07, 6.45) is -0.344. The van der Waals surface area contributed by atoms with Gasteiger partial charge in [0.15, 0.2) is 0 Å². The first-order valence-electron chi connectivity index (χ1n) is 8.96. The summed E-state index contributed by atoms with van der Waals surface area (Å²) in [6, 6.07) is 1.67. The van der Waals surface area contributed by atoms with Crippen molar-refractivity contribution in [2.24, 2.45) is 0 Å². The Labute approximate surface area is 160 Å². The van der Waals surface area contributed by atoms with Crippen molar-refractivity contribution in [2.75, 3.05) is 24.5 Å². The number of nitrogens with zero attached hydrogens (tertiary/aromatic N) is 2. The lowest BCUT2D eigenvalue weighted by Crippen LogP contribution is -2.51. The highest BCUT2D eigenvalue weighted by Gasteiger charge is 2.54. The highest BCUT2D eigenvalue weighted by Crippen LogP contribution is 2.49. The lowest BCUT2D eigenvalue weighted by Gasteiger charge is -2.38. The van der Waals surface area contributed by atoms with Gasteiger partial charge in [0.25, 0.3) is 0 Å². The van der Waals surface area contributed by atoms with Crippen molar-refractivity contribution in [3.05, 3.63) is 29.3 Å². The zero-order valence-electron chi connectivity index (χ0n) is 15.9. The molecule has 152 valence electrons. The van der Waals surface area contributed by atoms with Gasteiger partial charge in [-0.2, -0.15) is 0 Å². The first kappa shape index (κ1) is 20.0. The monoisotopic (exact) mass is 396 g/mol. The molecule has 2 aliphatic rings. The smallest absolute Gasteiger partial charge is 0.410 e. The number of ether oxygens (including phenoxy) is 1. The Kier molecular flexibility index (Phi) is 4.81.